The molecular formula is C14H13NO. The van der Waals surface area contributed by atoms with Crippen molar-refractivity contribution in [2.45, 2.75) is 12.8 Å². The van der Waals surface area contributed by atoms with Crippen molar-refractivity contribution in [2.75, 3.05) is 0 Å². The minimum absolute atomic E-state index is 0.191. The number of aldehydes is 1. The number of hydrogen-bond donors (Lipinski definition) is 0. The van der Waals surface area contributed by atoms with Crippen molar-refractivity contribution < 1.29 is 4.79 Å². The molecule has 1 aromatic heterocycles. The summed E-state index contributed by atoms with van der Waals surface area (Å²) in [6, 6.07) is 11.7. The lowest BCUT2D eigenvalue weighted by atomic mass is 9.90. The predicted molar refractivity (Wildman–Crippen MR) is 63.3 cm³/mol. The van der Waals surface area contributed by atoms with E-state index in [1.54, 1.807) is 12.4 Å². The Hall–Kier alpha value is -1.96. The number of carbonyl (C=O) groups excluding carboxylic acids is 1. The van der Waals surface area contributed by atoms with Crippen LogP contribution in [0.5, 0.6) is 0 Å². The fourth-order valence-electron chi connectivity index (χ4n) is 1.84. The van der Waals surface area contributed by atoms with Gasteiger partial charge in [0.1, 0.15) is 6.29 Å². The van der Waals surface area contributed by atoms with Crippen molar-refractivity contribution >= 4 is 6.29 Å². The van der Waals surface area contributed by atoms with Gasteiger partial charge in [-0.05, 0) is 35.7 Å². The first-order chi connectivity index (χ1) is 7.83. The zero-order chi connectivity index (χ0) is 11.4. The molecular weight excluding hydrogens is 198 g/mol. The zero-order valence-corrected chi connectivity index (χ0v) is 9.13. The van der Waals surface area contributed by atoms with E-state index in [2.05, 4.69) is 4.98 Å². The van der Waals surface area contributed by atoms with Crippen molar-refractivity contribution in [2.24, 2.45) is 0 Å². The Morgan fingerprint density at radius 1 is 1.12 bits per heavy atom. The lowest BCUT2D eigenvalue weighted by Gasteiger charge is -2.13. The van der Waals surface area contributed by atoms with E-state index in [1.807, 2.05) is 43.3 Å². The van der Waals surface area contributed by atoms with Crippen LogP contribution in [-0.2, 0) is 4.79 Å². The van der Waals surface area contributed by atoms with E-state index in [1.165, 1.54) is 0 Å². The zero-order valence-electron chi connectivity index (χ0n) is 9.13. The van der Waals surface area contributed by atoms with Crippen LogP contribution in [-0.4, -0.2) is 11.3 Å². The molecule has 0 aliphatic heterocycles. The fraction of sp³-hybridized carbons (Fsp3) is 0.143. The van der Waals surface area contributed by atoms with Gasteiger partial charge < -0.3 is 4.79 Å². The molecule has 0 fully saturated rings. The number of aryl methyl sites for hydroxylation is 1. The molecule has 2 nitrogen and oxygen atoms in total. The van der Waals surface area contributed by atoms with Crippen LogP contribution in [0.25, 0.3) is 0 Å². The van der Waals surface area contributed by atoms with Gasteiger partial charge in [-0.15, -0.1) is 0 Å². The van der Waals surface area contributed by atoms with Crippen molar-refractivity contribution in [3.63, 3.8) is 0 Å². The summed E-state index contributed by atoms with van der Waals surface area (Å²) in [5.74, 6) is -0.191. The Morgan fingerprint density at radius 2 is 1.81 bits per heavy atom. The lowest BCUT2D eigenvalue weighted by molar-refractivity contribution is -0.108. The van der Waals surface area contributed by atoms with Gasteiger partial charge in [0.2, 0.25) is 0 Å². The first-order valence-corrected chi connectivity index (χ1v) is 5.23. The van der Waals surface area contributed by atoms with Gasteiger partial charge in [0.15, 0.2) is 0 Å². The average Bonchev–Trinajstić information content (AvgIpc) is 2.34. The largest absolute Gasteiger partial charge is 0.302 e. The molecule has 0 bridgehead atoms. The number of aromatic nitrogens is 1. The van der Waals surface area contributed by atoms with E-state index in [0.29, 0.717) is 0 Å². The van der Waals surface area contributed by atoms with Crippen LogP contribution in [0.3, 0.4) is 0 Å². The highest BCUT2D eigenvalue weighted by Gasteiger charge is 2.14. The van der Waals surface area contributed by atoms with E-state index in [9.17, 15) is 4.79 Å². The van der Waals surface area contributed by atoms with Gasteiger partial charge >= 0.3 is 0 Å². The molecule has 1 unspecified atom stereocenters. The maximum Gasteiger partial charge on any atom is 0.131 e. The third-order valence-corrected chi connectivity index (χ3v) is 2.72. The number of nitrogens with zero attached hydrogens (tertiary/aromatic N) is 1. The van der Waals surface area contributed by atoms with Gasteiger partial charge in [0, 0.05) is 12.4 Å². The Labute approximate surface area is 95.0 Å². The SMILES string of the molecule is Cc1ccccc1C(C=O)c1ccncc1. The van der Waals surface area contributed by atoms with Gasteiger partial charge in [-0.1, -0.05) is 24.3 Å². The molecule has 0 radical (unpaired) electrons. The van der Waals surface area contributed by atoms with Crippen molar-refractivity contribution in [1.82, 2.24) is 4.98 Å². The van der Waals surface area contributed by atoms with Crippen LogP contribution in [0.1, 0.15) is 22.6 Å². The topological polar surface area (TPSA) is 30.0 Å². The van der Waals surface area contributed by atoms with E-state index in [0.717, 1.165) is 23.0 Å². The Balaban J connectivity index is 2.45. The molecule has 2 heteroatoms. The molecule has 80 valence electrons. The Bertz CT molecular complexity index is 479. The summed E-state index contributed by atoms with van der Waals surface area (Å²) in [5.41, 5.74) is 3.18. The minimum Gasteiger partial charge on any atom is -0.302 e. The molecule has 2 aromatic rings. The monoisotopic (exact) mass is 211 g/mol. The Kier molecular flexibility index (Phi) is 3.10. The van der Waals surface area contributed by atoms with Crippen molar-refractivity contribution in [1.29, 1.82) is 0 Å². The second kappa shape index (κ2) is 4.71. The quantitative estimate of drug-likeness (QED) is 0.731. The first kappa shape index (κ1) is 10.6. The lowest BCUT2D eigenvalue weighted by Crippen LogP contribution is -2.04. The predicted octanol–water partition coefficient (Wildman–Crippen LogP) is 2.72. The smallest absolute Gasteiger partial charge is 0.131 e. The molecule has 1 heterocycles. The van der Waals surface area contributed by atoms with Crippen molar-refractivity contribution in [3.8, 4) is 0 Å². The standard InChI is InChI=1S/C14H13NO/c1-11-4-2-3-5-13(11)14(10-16)12-6-8-15-9-7-12/h2-10,14H,1H3. The molecule has 1 atom stereocenters. The van der Waals surface area contributed by atoms with Gasteiger partial charge in [-0.25, -0.2) is 0 Å². The first-order valence-electron chi connectivity index (χ1n) is 5.23. The van der Waals surface area contributed by atoms with Crippen molar-refractivity contribution in [3.05, 3.63) is 65.5 Å². The molecule has 0 saturated carbocycles. The number of pyridine rings is 1. The maximum absolute atomic E-state index is 11.2. The van der Waals surface area contributed by atoms with Gasteiger partial charge in [0.05, 0.1) is 5.92 Å². The molecule has 0 spiro atoms. The summed E-state index contributed by atoms with van der Waals surface area (Å²) in [7, 11) is 0. The van der Waals surface area contributed by atoms with Gasteiger partial charge in [0.25, 0.3) is 0 Å². The normalized spacial score (nSPS) is 12.1. The summed E-state index contributed by atoms with van der Waals surface area (Å²) in [6.07, 6.45) is 4.41. The second-order valence-corrected chi connectivity index (χ2v) is 3.75. The van der Waals surface area contributed by atoms with Crippen LogP contribution in [0.2, 0.25) is 0 Å². The summed E-state index contributed by atoms with van der Waals surface area (Å²) in [6.45, 7) is 2.02. The van der Waals surface area contributed by atoms with E-state index in [4.69, 9.17) is 0 Å². The third kappa shape index (κ3) is 2.01. The molecule has 0 amide bonds. The molecule has 16 heavy (non-hydrogen) atoms. The second-order valence-electron chi connectivity index (χ2n) is 3.75. The summed E-state index contributed by atoms with van der Waals surface area (Å²) in [5, 5.41) is 0. The molecule has 0 saturated heterocycles. The number of benzene rings is 1. The maximum atomic E-state index is 11.2. The van der Waals surface area contributed by atoms with Crippen LogP contribution in [0.15, 0.2) is 48.8 Å². The summed E-state index contributed by atoms with van der Waals surface area (Å²) < 4.78 is 0. The minimum atomic E-state index is -0.191. The van der Waals surface area contributed by atoms with Crippen LogP contribution in [0.4, 0.5) is 0 Å². The van der Waals surface area contributed by atoms with Crippen LogP contribution in [0, 0.1) is 6.92 Å². The van der Waals surface area contributed by atoms with E-state index >= 15 is 0 Å². The number of rotatable bonds is 3. The molecule has 1 aromatic carbocycles. The van der Waals surface area contributed by atoms with Gasteiger partial charge in [-0.3, -0.25) is 4.98 Å². The van der Waals surface area contributed by atoms with E-state index < -0.39 is 0 Å². The van der Waals surface area contributed by atoms with Crippen LogP contribution >= 0.6 is 0 Å². The molecule has 0 N–H and O–H groups in total. The molecule has 0 aliphatic carbocycles. The number of hydrogen-bond acceptors (Lipinski definition) is 2. The van der Waals surface area contributed by atoms with Gasteiger partial charge in [-0.2, -0.15) is 0 Å². The fourth-order valence-corrected chi connectivity index (χ4v) is 1.84. The highest BCUT2D eigenvalue weighted by Crippen LogP contribution is 2.24. The molecule has 2 rings (SSSR count). The summed E-state index contributed by atoms with van der Waals surface area (Å²) >= 11 is 0. The van der Waals surface area contributed by atoms with E-state index in [-0.39, 0.29) is 5.92 Å². The average molecular weight is 211 g/mol. The Morgan fingerprint density at radius 3 is 2.44 bits per heavy atom. The summed E-state index contributed by atoms with van der Waals surface area (Å²) in [4.78, 5) is 15.2. The van der Waals surface area contributed by atoms with Crippen LogP contribution < -0.4 is 0 Å². The molecule has 0 aliphatic rings. The third-order valence-electron chi connectivity index (χ3n) is 2.72. The number of carbonyl (C=O) groups is 1. The highest BCUT2D eigenvalue weighted by atomic mass is 16.1. The highest BCUT2D eigenvalue weighted by molar-refractivity contribution is 5.69.